The Kier molecular flexibility index (Phi) is 3.80. The van der Waals surface area contributed by atoms with Crippen LogP contribution in [0.5, 0.6) is 0 Å². The minimum absolute atomic E-state index is 0.0295. The summed E-state index contributed by atoms with van der Waals surface area (Å²) in [6, 6.07) is 0. The number of thiazole rings is 1. The van der Waals surface area contributed by atoms with Crippen molar-refractivity contribution < 1.29 is 4.79 Å². The Morgan fingerprint density at radius 1 is 1.33 bits per heavy atom. The van der Waals surface area contributed by atoms with Crippen molar-refractivity contribution in [2.24, 2.45) is 5.92 Å². The predicted molar refractivity (Wildman–Crippen MR) is 84.0 cm³/mol. The number of nitrogens with zero attached hydrogens (tertiary/aromatic N) is 2. The average molecular weight is 305 g/mol. The van der Waals surface area contributed by atoms with Gasteiger partial charge in [0.2, 0.25) is 5.91 Å². The molecule has 1 saturated carbocycles. The van der Waals surface area contributed by atoms with Gasteiger partial charge in [0, 0.05) is 17.0 Å². The summed E-state index contributed by atoms with van der Waals surface area (Å²) in [6.45, 7) is 3.64. The second-order valence-corrected chi connectivity index (χ2v) is 6.53. The number of rotatable bonds is 2. The SMILES string of the molecule is Cc1nc2scc(C)n2c(=O)c1NC(=O)C1CCCCC1. The maximum absolute atomic E-state index is 12.6. The Morgan fingerprint density at radius 2 is 2.05 bits per heavy atom. The summed E-state index contributed by atoms with van der Waals surface area (Å²) in [5, 5.41) is 4.73. The van der Waals surface area contributed by atoms with E-state index in [1.54, 1.807) is 11.3 Å². The van der Waals surface area contributed by atoms with Crippen molar-refractivity contribution in [3.05, 3.63) is 27.1 Å². The minimum Gasteiger partial charge on any atom is -0.320 e. The van der Waals surface area contributed by atoms with Crippen molar-refractivity contribution in [1.82, 2.24) is 9.38 Å². The van der Waals surface area contributed by atoms with Gasteiger partial charge >= 0.3 is 0 Å². The van der Waals surface area contributed by atoms with Crippen LogP contribution in [0.2, 0.25) is 0 Å². The second-order valence-electron chi connectivity index (χ2n) is 5.70. The first-order chi connectivity index (χ1) is 10.1. The average Bonchev–Trinajstić information content (AvgIpc) is 2.85. The van der Waals surface area contributed by atoms with Gasteiger partial charge in [-0.1, -0.05) is 19.3 Å². The molecule has 2 aromatic heterocycles. The summed E-state index contributed by atoms with van der Waals surface area (Å²) in [7, 11) is 0. The zero-order chi connectivity index (χ0) is 15.0. The lowest BCUT2D eigenvalue weighted by molar-refractivity contribution is -0.120. The van der Waals surface area contributed by atoms with Gasteiger partial charge in [-0.05, 0) is 26.7 Å². The molecule has 2 aromatic rings. The van der Waals surface area contributed by atoms with E-state index in [-0.39, 0.29) is 17.4 Å². The highest BCUT2D eigenvalue weighted by atomic mass is 32.1. The number of carbonyl (C=O) groups excluding carboxylic acids is 1. The van der Waals surface area contributed by atoms with E-state index in [9.17, 15) is 9.59 Å². The Balaban J connectivity index is 1.94. The highest BCUT2D eigenvalue weighted by Gasteiger charge is 2.23. The van der Waals surface area contributed by atoms with Crippen molar-refractivity contribution in [1.29, 1.82) is 0 Å². The fourth-order valence-corrected chi connectivity index (χ4v) is 3.82. The van der Waals surface area contributed by atoms with Crippen molar-refractivity contribution in [3.8, 4) is 0 Å². The van der Waals surface area contributed by atoms with Gasteiger partial charge in [0.15, 0.2) is 4.96 Å². The second kappa shape index (κ2) is 5.60. The van der Waals surface area contributed by atoms with Crippen LogP contribution in [0.3, 0.4) is 0 Å². The van der Waals surface area contributed by atoms with Crippen LogP contribution >= 0.6 is 11.3 Å². The molecule has 21 heavy (non-hydrogen) atoms. The van der Waals surface area contributed by atoms with Gasteiger partial charge in [-0.2, -0.15) is 0 Å². The first-order valence-corrected chi connectivity index (χ1v) is 8.24. The van der Waals surface area contributed by atoms with E-state index in [1.165, 1.54) is 17.8 Å². The molecule has 112 valence electrons. The van der Waals surface area contributed by atoms with E-state index in [1.807, 2.05) is 12.3 Å². The molecule has 0 aromatic carbocycles. The van der Waals surface area contributed by atoms with Crippen LogP contribution in [0.1, 0.15) is 43.5 Å². The van der Waals surface area contributed by atoms with Gasteiger partial charge in [0.05, 0.1) is 5.69 Å². The number of aryl methyl sites for hydroxylation is 2. The number of fused-ring (bicyclic) bond motifs is 1. The molecule has 6 heteroatoms. The molecule has 0 spiro atoms. The van der Waals surface area contributed by atoms with Crippen molar-refractivity contribution in [3.63, 3.8) is 0 Å². The monoisotopic (exact) mass is 305 g/mol. The molecule has 1 amide bonds. The Hall–Kier alpha value is -1.69. The summed E-state index contributed by atoms with van der Waals surface area (Å²) in [5.41, 5.74) is 1.58. The fraction of sp³-hybridized carbons (Fsp3) is 0.533. The van der Waals surface area contributed by atoms with E-state index in [0.717, 1.165) is 31.4 Å². The molecule has 0 radical (unpaired) electrons. The maximum atomic E-state index is 12.6. The maximum Gasteiger partial charge on any atom is 0.282 e. The number of hydrogen-bond acceptors (Lipinski definition) is 4. The molecule has 1 aliphatic carbocycles. The summed E-state index contributed by atoms with van der Waals surface area (Å²) in [5.74, 6) is -0.00801. The van der Waals surface area contributed by atoms with Gasteiger partial charge in [0.25, 0.3) is 5.56 Å². The molecule has 0 atom stereocenters. The molecule has 0 bridgehead atoms. The zero-order valence-corrected chi connectivity index (χ0v) is 13.1. The summed E-state index contributed by atoms with van der Waals surface area (Å²) in [6.07, 6.45) is 5.22. The number of hydrogen-bond donors (Lipinski definition) is 1. The molecular weight excluding hydrogens is 286 g/mol. The van der Waals surface area contributed by atoms with Crippen LogP contribution in [0, 0.1) is 19.8 Å². The molecule has 2 heterocycles. The number of amides is 1. The first kappa shape index (κ1) is 14.3. The third-order valence-corrected chi connectivity index (χ3v) is 5.09. The fourth-order valence-electron chi connectivity index (χ4n) is 2.92. The van der Waals surface area contributed by atoms with Gasteiger partial charge in [-0.25, -0.2) is 4.98 Å². The van der Waals surface area contributed by atoms with Crippen LogP contribution in [0.4, 0.5) is 5.69 Å². The lowest BCUT2D eigenvalue weighted by atomic mass is 9.88. The molecule has 1 N–H and O–H groups in total. The van der Waals surface area contributed by atoms with E-state index in [0.29, 0.717) is 16.3 Å². The number of aromatic nitrogens is 2. The predicted octanol–water partition coefficient (Wildman–Crippen LogP) is 2.89. The molecule has 5 nitrogen and oxygen atoms in total. The topological polar surface area (TPSA) is 63.5 Å². The molecule has 1 fully saturated rings. The van der Waals surface area contributed by atoms with Crippen LogP contribution in [0.25, 0.3) is 4.96 Å². The lowest BCUT2D eigenvalue weighted by Gasteiger charge is -2.20. The van der Waals surface area contributed by atoms with Crippen LogP contribution in [-0.2, 0) is 4.79 Å². The van der Waals surface area contributed by atoms with E-state index < -0.39 is 0 Å². The molecule has 1 aliphatic rings. The van der Waals surface area contributed by atoms with Gasteiger partial charge < -0.3 is 5.32 Å². The number of carbonyl (C=O) groups is 1. The Labute approximate surface area is 127 Å². The molecule has 0 saturated heterocycles. The molecule has 0 aliphatic heterocycles. The van der Waals surface area contributed by atoms with E-state index in [4.69, 9.17) is 0 Å². The summed E-state index contributed by atoms with van der Waals surface area (Å²) in [4.78, 5) is 30.0. The van der Waals surface area contributed by atoms with Crippen LogP contribution in [-0.4, -0.2) is 15.3 Å². The van der Waals surface area contributed by atoms with Gasteiger partial charge in [-0.15, -0.1) is 11.3 Å². The number of anilines is 1. The molecule has 0 unspecified atom stereocenters. The highest BCUT2D eigenvalue weighted by Crippen LogP contribution is 2.25. The zero-order valence-electron chi connectivity index (χ0n) is 12.3. The number of nitrogens with one attached hydrogen (secondary N) is 1. The van der Waals surface area contributed by atoms with Crippen molar-refractivity contribution in [2.75, 3.05) is 5.32 Å². The third kappa shape index (κ3) is 2.60. The van der Waals surface area contributed by atoms with E-state index >= 15 is 0 Å². The van der Waals surface area contributed by atoms with E-state index in [2.05, 4.69) is 10.3 Å². The Morgan fingerprint density at radius 3 is 2.76 bits per heavy atom. The highest BCUT2D eigenvalue weighted by molar-refractivity contribution is 7.15. The Bertz CT molecular complexity index is 741. The van der Waals surface area contributed by atoms with Crippen molar-refractivity contribution >= 4 is 27.9 Å². The lowest BCUT2D eigenvalue weighted by Crippen LogP contribution is -2.30. The van der Waals surface area contributed by atoms with Gasteiger partial charge in [0.1, 0.15) is 5.69 Å². The molecule has 3 rings (SSSR count). The third-order valence-electron chi connectivity index (χ3n) is 4.15. The van der Waals surface area contributed by atoms with Crippen LogP contribution in [0.15, 0.2) is 10.2 Å². The van der Waals surface area contributed by atoms with Crippen LogP contribution < -0.4 is 10.9 Å². The summed E-state index contributed by atoms with van der Waals surface area (Å²) < 4.78 is 1.56. The normalized spacial score (nSPS) is 16.3. The van der Waals surface area contributed by atoms with Crippen molar-refractivity contribution in [2.45, 2.75) is 46.0 Å². The first-order valence-electron chi connectivity index (χ1n) is 7.36. The van der Waals surface area contributed by atoms with Gasteiger partial charge in [-0.3, -0.25) is 14.0 Å². The largest absolute Gasteiger partial charge is 0.320 e. The summed E-state index contributed by atoms with van der Waals surface area (Å²) >= 11 is 1.44. The smallest absolute Gasteiger partial charge is 0.282 e. The quantitative estimate of drug-likeness (QED) is 0.928. The standard InChI is InChI=1S/C15H19N3O2S/c1-9-8-21-15-16-10(2)12(14(20)18(9)15)17-13(19)11-6-4-3-5-7-11/h8,11H,3-7H2,1-2H3,(H,17,19). The minimum atomic E-state index is -0.180. The molecular formula is C15H19N3O2S.